The van der Waals surface area contributed by atoms with Gasteiger partial charge in [-0.2, -0.15) is 15.8 Å². The van der Waals surface area contributed by atoms with Crippen LogP contribution < -0.4 is 0 Å². The first-order valence-corrected chi connectivity index (χ1v) is 16.3. The van der Waals surface area contributed by atoms with E-state index in [2.05, 4.69) is 114 Å². The second kappa shape index (κ2) is 11.4. The number of benzene rings is 7. The Morgan fingerprint density at radius 2 is 1.00 bits per heavy atom. The van der Waals surface area contributed by atoms with Gasteiger partial charge in [0.25, 0.3) is 0 Å². The summed E-state index contributed by atoms with van der Waals surface area (Å²) >= 11 is 0. The molecule has 0 atom stereocenters. The molecule has 2 aromatic heterocycles. The van der Waals surface area contributed by atoms with Crippen LogP contribution in [0.25, 0.3) is 77.2 Å². The molecule has 7 aromatic carbocycles. The van der Waals surface area contributed by atoms with Crippen molar-refractivity contribution in [3.8, 4) is 51.8 Å². The summed E-state index contributed by atoms with van der Waals surface area (Å²) in [6.45, 7) is 0. The van der Waals surface area contributed by atoms with Crippen molar-refractivity contribution in [1.82, 2.24) is 9.13 Å². The van der Waals surface area contributed by atoms with E-state index in [0.29, 0.717) is 27.9 Å². The van der Waals surface area contributed by atoms with Crippen LogP contribution in [0, 0.1) is 34.0 Å². The fraction of sp³-hybridized carbons (Fsp3) is 0. The minimum absolute atomic E-state index is 0.483. The van der Waals surface area contributed by atoms with Gasteiger partial charge in [-0.25, -0.2) is 0 Å². The van der Waals surface area contributed by atoms with Crippen LogP contribution in [0.5, 0.6) is 0 Å². The molecule has 0 radical (unpaired) electrons. The van der Waals surface area contributed by atoms with E-state index in [9.17, 15) is 15.8 Å². The Labute approximate surface area is 287 Å². The lowest BCUT2D eigenvalue weighted by atomic mass is 9.96. The molecule has 50 heavy (non-hydrogen) atoms. The summed E-state index contributed by atoms with van der Waals surface area (Å²) in [7, 11) is 0. The maximum Gasteiger partial charge on any atom is 0.101 e. The lowest BCUT2D eigenvalue weighted by molar-refractivity contribution is 1.16. The normalized spacial score (nSPS) is 11.1. The minimum Gasteiger partial charge on any atom is -0.309 e. The molecule has 0 fully saturated rings. The summed E-state index contributed by atoms with van der Waals surface area (Å²) in [4.78, 5) is 0. The molecule has 0 aliphatic rings. The van der Waals surface area contributed by atoms with Gasteiger partial charge in [0.15, 0.2) is 0 Å². The fourth-order valence-electron chi connectivity index (χ4n) is 7.46. The van der Waals surface area contributed by atoms with E-state index in [1.807, 2.05) is 53.1 Å². The van der Waals surface area contributed by atoms with Crippen molar-refractivity contribution in [2.75, 3.05) is 0 Å². The molecule has 0 N–H and O–H groups in total. The number of rotatable bonds is 4. The summed E-state index contributed by atoms with van der Waals surface area (Å²) in [5, 5.41) is 34.5. The molecular formula is C45H25N5. The van der Waals surface area contributed by atoms with Crippen LogP contribution in [-0.4, -0.2) is 9.13 Å². The Balaban J connectivity index is 1.25. The van der Waals surface area contributed by atoms with E-state index in [-0.39, 0.29) is 0 Å². The minimum atomic E-state index is 0.483. The zero-order chi connectivity index (χ0) is 33.8. The predicted octanol–water partition coefficient (Wildman–Crippen LogP) is 10.8. The van der Waals surface area contributed by atoms with Gasteiger partial charge < -0.3 is 9.13 Å². The van der Waals surface area contributed by atoms with Crippen molar-refractivity contribution in [2.45, 2.75) is 0 Å². The zero-order valence-electron chi connectivity index (χ0n) is 26.7. The molecule has 0 bridgehead atoms. The lowest BCUT2D eigenvalue weighted by Crippen LogP contribution is -2.02. The molecule has 5 heteroatoms. The number of nitriles is 3. The Bertz CT molecular complexity index is 2920. The number of aromatic nitrogens is 2. The second-order valence-corrected chi connectivity index (χ2v) is 12.3. The first kappa shape index (κ1) is 28.8. The Kier molecular flexibility index (Phi) is 6.56. The van der Waals surface area contributed by atoms with E-state index in [1.165, 1.54) is 10.8 Å². The van der Waals surface area contributed by atoms with Gasteiger partial charge in [0.1, 0.15) is 12.1 Å². The SMILES string of the molecule is N#Cc1ccc2c(c1)c1cccc(C#N)c1n2-c1c(C#N)cccc1-c1cccc(-c2cccc(-n3c4ccccc4c4ccccc43)c2)c1. The zero-order valence-corrected chi connectivity index (χ0v) is 26.7. The van der Waals surface area contributed by atoms with Crippen LogP contribution >= 0.6 is 0 Å². The first-order chi connectivity index (χ1) is 24.7. The van der Waals surface area contributed by atoms with Crippen LogP contribution in [0.15, 0.2) is 152 Å². The number of hydrogen-bond acceptors (Lipinski definition) is 3. The molecule has 5 nitrogen and oxygen atoms in total. The fourth-order valence-corrected chi connectivity index (χ4v) is 7.46. The number of para-hydroxylation sites is 4. The molecule has 9 aromatic rings. The molecule has 9 rings (SSSR count). The largest absolute Gasteiger partial charge is 0.309 e. The Morgan fingerprint density at radius 3 is 1.74 bits per heavy atom. The van der Waals surface area contributed by atoms with E-state index < -0.39 is 0 Å². The van der Waals surface area contributed by atoms with Crippen molar-refractivity contribution in [3.63, 3.8) is 0 Å². The maximum absolute atomic E-state index is 10.5. The van der Waals surface area contributed by atoms with E-state index in [1.54, 1.807) is 12.1 Å². The molecular weight excluding hydrogens is 611 g/mol. The lowest BCUT2D eigenvalue weighted by Gasteiger charge is -2.17. The number of nitrogens with zero attached hydrogens (tertiary/aromatic N) is 5. The third-order valence-corrected chi connectivity index (χ3v) is 9.61. The van der Waals surface area contributed by atoms with Gasteiger partial charge >= 0.3 is 0 Å². The summed E-state index contributed by atoms with van der Waals surface area (Å²) in [5.41, 5.74) is 11.0. The van der Waals surface area contributed by atoms with Gasteiger partial charge in [0, 0.05) is 32.8 Å². The smallest absolute Gasteiger partial charge is 0.101 e. The van der Waals surface area contributed by atoms with Crippen molar-refractivity contribution in [2.24, 2.45) is 0 Å². The van der Waals surface area contributed by atoms with Gasteiger partial charge in [-0.1, -0.05) is 91.0 Å². The summed E-state index contributed by atoms with van der Waals surface area (Å²) in [6.07, 6.45) is 0. The third-order valence-electron chi connectivity index (χ3n) is 9.61. The Morgan fingerprint density at radius 1 is 0.400 bits per heavy atom. The Hall–Kier alpha value is -7.39. The molecule has 230 valence electrons. The van der Waals surface area contributed by atoms with Gasteiger partial charge in [-0.15, -0.1) is 0 Å². The highest BCUT2D eigenvalue weighted by Crippen LogP contribution is 2.40. The van der Waals surface area contributed by atoms with Crippen molar-refractivity contribution >= 4 is 43.6 Å². The van der Waals surface area contributed by atoms with Crippen LogP contribution in [0.3, 0.4) is 0 Å². The molecule has 0 saturated carbocycles. The van der Waals surface area contributed by atoms with Gasteiger partial charge in [-0.3, -0.25) is 0 Å². The predicted molar refractivity (Wildman–Crippen MR) is 200 cm³/mol. The quantitative estimate of drug-likeness (QED) is 0.193. The highest BCUT2D eigenvalue weighted by atomic mass is 15.0. The highest BCUT2D eigenvalue weighted by molar-refractivity contribution is 6.12. The molecule has 0 spiro atoms. The molecule has 0 aliphatic heterocycles. The van der Waals surface area contributed by atoms with E-state index in [0.717, 1.165) is 55.3 Å². The summed E-state index contributed by atoms with van der Waals surface area (Å²) in [6, 6.07) is 57.9. The molecule has 0 saturated heterocycles. The third kappa shape index (κ3) is 4.31. The van der Waals surface area contributed by atoms with Gasteiger partial charge in [0.05, 0.1) is 50.5 Å². The average Bonchev–Trinajstić information content (AvgIpc) is 3.70. The molecule has 0 amide bonds. The van der Waals surface area contributed by atoms with Crippen LogP contribution in [0.1, 0.15) is 16.7 Å². The van der Waals surface area contributed by atoms with Crippen molar-refractivity contribution in [3.05, 3.63) is 168 Å². The van der Waals surface area contributed by atoms with E-state index >= 15 is 0 Å². The van der Waals surface area contributed by atoms with Crippen LogP contribution in [0.4, 0.5) is 0 Å². The summed E-state index contributed by atoms with van der Waals surface area (Å²) < 4.78 is 4.34. The van der Waals surface area contributed by atoms with E-state index in [4.69, 9.17) is 0 Å². The second-order valence-electron chi connectivity index (χ2n) is 12.3. The highest BCUT2D eigenvalue weighted by Gasteiger charge is 2.21. The first-order valence-electron chi connectivity index (χ1n) is 16.3. The van der Waals surface area contributed by atoms with Crippen LogP contribution in [0.2, 0.25) is 0 Å². The molecule has 0 aliphatic carbocycles. The van der Waals surface area contributed by atoms with Crippen LogP contribution in [-0.2, 0) is 0 Å². The van der Waals surface area contributed by atoms with Gasteiger partial charge in [-0.05, 0) is 77.4 Å². The average molecular weight is 636 g/mol. The van der Waals surface area contributed by atoms with Crippen molar-refractivity contribution in [1.29, 1.82) is 15.8 Å². The topological polar surface area (TPSA) is 81.2 Å². The summed E-state index contributed by atoms with van der Waals surface area (Å²) in [5.74, 6) is 0. The maximum atomic E-state index is 10.5. The van der Waals surface area contributed by atoms with Gasteiger partial charge in [0.2, 0.25) is 0 Å². The standard InChI is InChI=1S/C45H25N5/c46-26-29-21-22-43-40(23-29)39-18-8-13-34(28-48)45(39)50(43)44-33(27-47)12-7-17-36(44)32-11-5-9-30(24-32)31-10-6-14-35(25-31)49-41-19-3-1-15-37(41)38-16-2-4-20-42(38)49/h1-25H. The molecule has 2 heterocycles. The number of fused-ring (bicyclic) bond motifs is 6. The monoisotopic (exact) mass is 635 g/mol. The number of hydrogen-bond donors (Lipinski definition) is 0. The molecule has 0 unspecified atom stereocenters. The van der Waals surface area contributed by atoms with Crippen molar-refractivity contribution < 1.29 is 0 Å².